The third-order valence-electron chi connectivity index (χ3n) is 3.39. The second kappa shape index (κ2) is 8.58. The highest BCUT2D eigenvalue weighted by atomic mass is 32.2. The molecule has 1 saturated heterocycles. The highest BCUT2D eigenvalue weighted by Crippen LogP contribution is 2.21. The van der Waals surface area contributed by atoms with Crippen molar-refractivity contribution in [1.82, 2.24) is 10.2 Å². The number of nitrogens with one attached hydrogen (secondary N) is 1. The molecule has 2 atom stereocenters. The number of hydrogen-bond acceptors (Lipinski definition) is 6. The number of thioether (sulfide) groups is 1. The van der Waals surface area contributed by atoms with Crippen LogP contribution in [0.2, 0.25) is 0 Å². The molecule has 0 bridgehead atoms. The molecule has 120 valence electrons. The zero-order valence-corrected chi connectivity index (χ0v) is 14.3. The summed E-state index contributed by atoms with van der Waals surface area (Å²) in [6, 6.07) is 0. The molecular weight excluding hydrogens is 296 g/mol. The van der Waals surface area contributed by atoms with Crippen molar-refractivity contribution < 1.29 is 13.5 Å². The highest BCUT2D eigenvalue weighted by molar-refractivity contribution is 8.01. The molecule has 1 aliphatic heterocycles. The molecule has 1 fully saturated rings. The first kappa shape index (κ1) is 18.2. The van der Waals surface area contributed by atoms with Gasteiger partial charge in [0.15, 0.2) is 9.84 Å². The molecule has 0 aromatic carbocycles. The summed E-state index contributed by atoms with van der Waals surface area (Å²) in [5.41, 5.74) is 0. The Labute approximate surface area is 127 Å². The molecule has 0 saturated carbocycles. The molecule has 0 spiro atoms. The van der Waals surface area contributed by atoms with Crippen LogP contribution < -0.4 is 5.32 Å². The van der Waals surface area contributed by atoms with Crippen molar-refractivity contribution in [1.29, 1.82) is 0 Å². The minimum Gasteiger partial charge on any atom is -0.390 e. The van der Waals surface area contributed by atoms with E-state index < -0.39 is 21.3 Å². The summed E-state index contributed by atoms with van der Waals surface area (Å²) in [7, 11) is -3.08. The molecule has 0 aromatic rings. The SMILES string of the molecule is CCS(=O)(=O)C1CSCCN1CC(O)CNCC(C)C. The monoisotopic (exact) mass is 324 g/mol. The van der Waals surface area contributed by atoms with Gasteiger partial charge in [-0.3, -0.25) is 4.90 Å². The standard InChI is InChI=1S/C13H28N2O3S2/c1-4-20(17,18)13-10-19-6-5-15(13)9-12(16)8-14-7-11(2)3/h11-14,16H,4-10H2,1-3H3. The summed E-state index contributed by atoms with van der Waals surface area (Å²) in [6.07, 6.45) is -0.522. The van der Waals surface area contributed by atoms with Gasteiger partial charge in [-0.15, -0.1) is 0 Å². The third kappa shape index (κ3) is 5.89. The molecule has 20 heavy (non-hydrogen) atoms. The molecule has 0 aromatic heterocycles. The minimum absolute atomic E-state index is 0.163. The van der Waals surface area contributed by atoms with Gasteiger partial charge in [-0.05, 0) is 12.5 Å². The van der Waals surface area contributed by atoms with E-state index in [2.05, 4.69) is 19.2 Å². The average molecular weight is 325 g/mol. The smallest absolute Gasteiger partial charge is 0.166 e. The van der Waals surface area contributed by atoms with E-state index in [1.807, 2.05) is 4.90 Å². The third-order valence-corrected chi connectivity index (χ3v) is 6.72. The van der Waals surface area contributed by atoms with E-state index in [1.54, 1.807) is 18.7 Å². The summed E-state index contributed by atoms with van der Waals surface area (Å²) >= 11 is 1.68. The molecule has 7 heteroatoms. The lowest BCUT2D eigenvalue weighted by Gasteiger charge is -2.35. The van der Waals surface area contributed by atoms with Crippen molar-refractivity contribution >= 4 is 21.6 Å². The van der Waals surface area contributed by atoms with Gasteiger partial charge >= 0.3 is 0 Å². The number of rotatable bonds is 8. The van der Waals surface area contributed by atoms with Gasteiger partial charge in [0.1, 0.15) is 5.37 Å². The van der Waals surface area contributed by atoms with E-state index in [0.29, 0.717) is 24.8 Å². The maximum Gasteiger partial charge on any atom is 0.166 e. The van der Waals surface area contributed by atoms with Crippen LogP contribution in [0.3, 0.4) is 0 Å². The maximum absolute atomic E-state index is 12.1. The lowest BCUT2D eigenvalue weighted by Crippen LogP contribution is -2.51. The number of nitrogens with zero attached hydrogens (tertiary/aromatic N) is 1. The van der Waals surface area contributed by atoms with Gasteiger partial charge in [-0.25, -0.2) is 8.42 Å². The quantitative estimate of drug-likeness (QED) is 0.674. The molecule has 1 aliphatic rings. The average Bonchev–Trinajstić information content (AvgIpc) is 2.38. The van der Waals surface area contributed by atoms with Crippen LogP contribution in [0.1, 0.15) is 20.8 Å². The lowest BCUT2D eigenvalue weighted by molar-refractivity contribution is 0.109. The summed E-state index contributed by atoms with van der Waals surface area (Å²) in [6.45, 7) is 8.46. The largest absolute Gasteiger partial charge is 0.390 e. The van der Waals surface area contributed by atoms with Crippen LogP contribution >= 0.6 is 11.8 Å². The van der Waals surface area contributed by atoms with Crippen LogP contribution in [-0.4, -0.2) is 73.3 Å². The van der Waals surface area contributed by atoms with Crippen LogP contribution in [0.4, 0.5) is 0 Å². The van der Waals surface area contributed by atoms with E-state index in [1.165, 1.54) is 0 Å². The Balaban J connectivity index is 2.50. The van der Waals surface area contributed by atoms with Gasteiger partial charge in [0.2, 0.25) is 0 Å². The van der Waals surface area contributed by atoms with E-state index in [9.17, 15) is 13.5 Å². The molecule has 1 rings (SSSR count). The van der Waals surface area contributed by atoms with Crippen LogP contribution in [0, 0.1) is 5.92 Å². The number of aliphatic hydroxyl groups excluding tert-OH is 1. The molecule has 2 unspecified atom stereocenters. The van der Waals surface area contributed by atoms with Gasteiger partial charge in [-0.1, -0.05) is 20.8 Å². The topological polar surface area (TPSA) is 69.6 Å². The van der Waals surface area contributed by atoms with Crippen molar-refractivity contribution in [2.24, 2.45) is 5.92 Å². The Kier molecular flexibility index (Phi) is 7.82. The number of hydrogen-bond donors (Lipinski definition) is 2. The fourth-order valence-electron chi connectivity index (χ4n) is 2.22. The first-order valence-corrected chi connectivity index (χ1v) is 10.2. The Morgan fingerprint density at radius 1 is 1.40 bits per heavy atom. The fraction of sp³-hybridized carbons (Fsp3) is 1.00. The minimum atomic E-state index is -3.08. The summed E-state index contributed by atoms with van der Waals surface area (Å²) in [5, 5.41) is 12.8. The van der Waals surface area contributed by atoms with Crippen molar-refractivity contribution in [3.05, 3.63) is 0 Å². The highest BCUT2D eigenvalue weighted by Gasteiger charge is 2.33. The lowest BCUT2D eigenvalue weighted by atomic mass is 10.2. The molecular formula is C13H28N2O3S2. The number of β-amino-alcohol motifs (C(OH)–C–C–N with tert-alkyl or cyclic N) is 1. The summed E-state index contributed by atoms with van der Waals surface area (Å²) in [5.74, 6) is 2.25. The Hall–Kier alpha value is 0.180. The molecule has 0 aliphatic carbocycles. The Morgan fingerprint density at radius 2 is 2.10 bits per heavy atom. The zero-order valence-electron chi connectivity index (χ0n) is 12.7. The summed E-state index contributed by atoms with van der Waals surface area (Å²) in [4.78, 5) is 1.93. The second-order valence-corrected chi connectivity index (χ2v) is 9.28. The first-order chi connectivity index (χ1) is 9.36. The first-order valence-electron chi connectivity index (χ1n) is 7.29. The van der Waals surface area contributed by atoms with Crippen LogP contribution in [0.15, 0.2) is 0 Å². The molecule has 0 radical (unpaired) electrons. The van der Waals surface area contributed by atoms with Gasteiger partial charge in [0, 0.05) is 36.9 Å². The van der Waals surface area contributed by atoms with E-state index >= 15 is 0 Å². The molecule has 2 N–H and O–H groups in total. The van der Waals surface area contributed by atoms with Gasteiger partial charge < -0.3 is 10.4 Å². The number of sulfone groups is 1. The van der Waals surface area contributed by atoms with E-state index in [-0.39, 0.29) is 5.75 Å². The van der Waals surface area contributed by atoms with Crippen molar-refractivity contribution in [3.8, 4) is 0 Å². The van der Waals surface area contributed by atoms with E-state index in [0.717, 1.165) is 18.8 Å². The molecule has 0 amide bonds. The Morgan fingerprint density at radius 3 is 2.70 bits per heavy atom. The van der Waals surface area contributed by atoms with Gasteiger partial charge in [0.05, 0.1) is 6.10 Å². The zero-order chi connectivity index (χ0) is 15.2. The van der Waals surface area contributed by atoms with Crippen LogP contribution in [0.25, 0.3) is 0 Å². The van der Waals surface area contributed by atoms with Crippen molar-refractivity contribution in [2.75, 3.05) is 43.4 Å². The normalized spacial score (nSPS) is 23.1. The second-order valence-electron chi connectivity index (χ2n) is 5.68. The maximum atomic E-state index is 12.1. The Bertz CT molecular complexity index is 374. The summed E-state index contributed by atoms with van der Waals surface area (Å²) < 4.78 is 24.2. The predicted molar refractivity (Wildman–Crippen MR) is 85.9 cm³/mol. The predicted octanol–water partition coefficient (Wildman–Crippen LogP) is 0.403. The fourth-order valence-corrected chi connectivity index (χ4v) is 5.31. The van der Waals surface area contributed by atoms with E-state index in [4.69, 9.17) is 0 Å². The van der Waals surface area contributed by atoms with Gasteiger partial charge in [0.25, 0.3) is 0 Å². The van der Waals surface area contributed by atoms with Crippen molar-refractivity contribution in [3.63, 3.8) is 0 Å². The van der Waals surface area contributed by atoms with Gasteiger partial charge in [-0.2, -0.15) is 11.8 Å². The van der Waals surface area contributed by atoms with Crippen LogP contribution in [0.5, 0.6) is 0 Å². The molecule has 5 nitrogen and oxygen atoms in total. The number of aliphatic hydroxyl groups is 1. The van der Waals surface area contributed by atoms with Crippen LogP contribution in [-0.2, 0) is 9.84 Å². The van der Waals surface area contributed by atoms with Crippen molar-refractivity contribution in [2.45, 2.75) is 32.2 Å². The molecule has 1 heterocycles.